The lowest BCUT2D eigenvalue weighted by atomic mass is 10.1. The second-order valence-corrected chi connectivity index (χ2v) is 4.34. The number of fused-ring (bicyclic) bond motifs is 1. The number of hydrogen-bond donors (Lipinski definition) is 3. The highest BCUT2D eigenvalue weighted by molar-refractivity contribution is 5.86. The van der Waals surface area contributed by atoms with Gasteiger partial charge in [-0.05, 0) is 11.6 Å². The number of hydrogen-bond acceptors (Lipinski definition) is 3. The fraction of sp³-hybridized carbons (Fsp3) is 0.231. The number of nitrogens with two attached hydrogens (primary N) is 1. The van der Waals surface area contributed by atoms with E-state index in [1.54, 1.807) is 16.8 Å². The Labute approximate surface area is 109 Å². The smallest absolute Gasteiger partial charge is 0.323 e. The molecule has 6 nitrogen and oxygen atoms in total. The number of carbonyl (C=O) groups is 2. The van der Waals surface area contributed by atoms with Crippen LogP contribution in [0.4, 0.5) is 0 Å². The molecule has 0 radical (unpaired) electrons. The summed E-state index contributed by atoms with van der Waals surface area (Å²) >= 11 is 0. The van der Waals surface area contributed by atoms with Crippen LogP contribution in [0, 0.1) is 0 Å². The van der Waals surface area contributed by atoms with Crippen molar-refractivity contribution in [3.05, 3.63) is 36.0 Å². The van der Waals surface area contributed by atoms with Gasteiger partial charge in [-0.2, -0.15) is 0 Å². The quantitative estimate of drug-likeness (QED) is 0.734. The molecular formula is C13H14N2O4. The monoisotopic (exact) mass is 262 g/mol. The normalized spacial score (nSPS) is 12.5. The molecule has 0 spiro atoms. The molecule has 100 valence electrons. The molecule has 1 aromatic carbocycles. The van der Waals surface area contributed by atoms with Crippen molar-refractivity contribution in [2.75, 3.05) is 0 Å². The lowest BCUT2D eigenvalue weighted by Crippen LogP contribution is -2.32. The van der Waals surface area contributed by atoms with Crippen molar-refractivity contribution < 1.29 is 19.8 Å². The van der Waals surface area contributed by atoms with Crippen molar-refractivity contribution in [1.29, 1.82) is 0 Å². The highest BCUT2D eigenvalue weighted by Crippen LogP contribution is 2.22. The predicted molar refractivity (Wildman–Crippen MR) is 68.9 cm³/mol. The molecule has 1 aromatic heterocycles. The zero-order valence-corrected chi connectivity index (χ0v) is 10.1. The molecule has 0 fully saturated rings. The third-order valence-electron chi connectivity index (χ3n) is 2.93. The number of para-hydroxylation sites is 1. The maximum Gasteiger partial charge on any atom is 0.323 e. The summed E-state index contributed by atoms with van der Waals surface area (Å²) in [7, 11) is 0. The van der Waals surface area contributed by atoms with Gasteiger partial charge in [0.2, 0.25) is 0 Å². The highest BCUT2D eigenvalue weighted by Gasteiger charge is 2.16. The average Bonchev–Trinajstić information content (AvgIpc) is 2.67. The Hall–Kier alpha value is -2.34. The summed E-state index contributed by atoms with van der Waals surface area (Å²) in [6.45, 7) is -0.164. The lowest BCUT2D eigenvalue weighted by Gasteiger charge is -2.04. The molecule has 0 aliphatic rings. The van der Waals surface area contributed by atoms with Gasteiger partial charge in [-0.25, -0.2) is 0 Å². The highest BCUT2D eigenvalue weighted by atomic mass is 16.4. The van der Waals surface area contributed by atoms with Gasteiger partial charge >= 0.3 is 11.9 Å². The molecule has 0 aliphatic carbocycles. The van der Waals surface area contributed by atoms with Crippen LogP contribution >= 0.6 is 0 Å². The van der Waals surface area contributed by atoms with E-state index in [2.05, 4.69) is 0 Å². The average molecular weight is 262 g/mol. The molecule has 2 aromatic rings. The minimum absolute atomic E-state index is 0.164. The molecular weight excluding hydrogens is 248 g/mol. The van der Waals surface area contributed by atoms with Crippen LogP contribution in [-0.4, -0.2) is 32.8 Å². The zero-order valence-electron chi connectivity index (χ0n) is 10.1. The molecule has 4 N–H and O–H groups in total. The molecule has 0 saturated heterocycles. The summed E-state index contributed by atoms with van der Waals surface area (Å²) in [5, 5.41) is 18.5. The van der Waals surface area contributed by atoms with E-state index in [1.165, 1.54) is 0 Å². The van der Waals surface area contributed by atoms with E-state index in [4.69, 9.17) is 15.9 Å². The van der Waals surface area contributed by atoms with Crippen molar-refractivity contribution in [1.82, 2.24) is 4.57 Å². The number of benzene rings is 1. The maximum atomic E-state index is 10.8. The van der Waals surface area contributed by atoms with Gasteiger partial charge in [-0.3, -0.25) is 9.59 Å². The fourth-order valence-electron chi connectivity index (χ4n) is 2.09. The van der Waals surface area contributed by atoms with Gasteiger partial charge < -0.3 is 20.5 Å². The van der Waals surface area contributed by atoms with Crippen LogP contribution < -0.4 is 5.73 Å². The number of carboxylic acids is 2. The van der Waals surface area contributed by atoms with Gasteiger partial charge in [0.05, 0.1) is 0 Å². The molecule has 2 rings (SSSR count). The van der Waals surface area contributed by atoms with E-state index in [0.29, 0.717) is 0 Å². The van der Waals surface area contributed by atoms with Gasteiger partial charge in [0, 0.05) is 23.5 Å². The van der Waals surface area contributed by atoms with Gasteiger partial charge in [0.15, 0.2) is 0 Å². The Kier molecular flexibility index (Phi) is 3.52. The van der Waals surface area contributed by atoms with Gasteiger partial charge in [0.25, 0.3) is 0 Å². The van der Waals surface area contributed by atoms with Crippen LogP contribution in [0.25, 0.3) is 10.9 Å². The second-order valence-electron chi connectivity index (χ2n) is 4.34. The van der Waals surface area contributed by atoms with Crippen molar-refractivity contribution in [3.63, 3.8) is 0 Å². The van der Waals surface area contributed by atoms with E-state index >= 15 is 0 Å². The van der Waals surface area contributed by atoms with Crippen molar-refractivity contribution in [2.45, 2.75) is 19.0 Å². The van der Waals surface area contributed by atoms with Crippen LogP contribution in [-0.2, 0) is 22.6 Å². The molecule has 1 heterocycles. The first kappa shape index (κ1) is 13.1. The van der Waals surface area contributed by atoms with E-state index in [-0.39, 0.29) is 13.0 Å². The largest absolute Gasteiger partial charge is 0.480 e. The third-order valence-corrected chi connectivity index (χ3v) is 2.93. The molecule has 0 unspecified atom stereocenters. The summed E-state index contributed by atoms with van der Waals surface area (Å²) in [4.78, 5) is 21.6. The second kappa shape index (κ2) is 5.11. The van der Waals surface area contributed by atoms with Crippen molar-refractivity contribution in [3.8, 4) is 0 Å². The first-order valence-electron chi connectivity index (χ1n) is 5.76. The van der Waals surface area contributed by atoms with E-state index in [1.807, 2.05) is 18.2 Å². The van der Waals surface area contributed by atoms with E-state index < -0.39 is 18.0 Å². The SMILES string of the molecule is N[C@@H](Cc1cn(CC(=O)O)c2ccccc12)C(=O)O. The topological polar surface area (TPSA) is 106 Å². The predicted octanol–water partition coefficient (Wildman–Crippen LogP) is 0.680. The minimum atomic E-state index is -1.07. The summed E-state index contributed by atoms with van der Waals surface area (Å²) in [5.41, 5.74) is 7.03. The third kappa shape index (κ3) is 2.74. The van der Waals surface area contributed by atoms with Gasteiger partial charge in [-0.1, -0.05) is 18.2 Å². The molecule has 0 aliphatic heterocycles. The Morgan fingerprint density at radius 1 is 1.26 bits per heavy atom. The van der Waals surface area contributed by atoms with Crippen LogP contribution in [0.5, 0.6) is 0 Å². The number of nitrogens with zero attached hydrogens (tertiary/aromatic N) is 1. The van der Waals surface area contributed by atoms with Crippen molar-refractivity contribution in [2.24, 2.45) is 5.73 Å². The van der Waals surface area contributed by atoms with Crippen molar-refractivity contribution >= 4 is 22.8 Å². The van der Waals surface area contributed by atoms with Crippen LogP contribution in [0.3, 0.4) is 0 Å². The van der Waals surface area contributed by atoms with Crippen LogP contribution in [0.2, 0.25) is 0 Å². The number of rotatable bonds is 5. The standard InChI is InChI=1S/C13H14N2O4/c14-10(13(18)19)5-8-6-15(7-12(16)17)11-4-2-1-3-9(8)11/h1-4,6,10H,5,7,14H2,(H,16,17)(H,18,19)/t10-/m0/s1. The Morgan fingerprint density at radius 3 is 2.58 bits per heavy atom. The van der Waals surface area contributed by atoms with E-state index in [9.17, 15) is 9.59 Å². The van der Waals surface area contributed by atoms with Gasteiger partial charge in [0.1, 0.15) is 12.6 Å². The maximum absolute atomic E-state index is 10.8. The summed E-state index contributed by atoms with van der Waals surface area (Å²) in [6.07, 6.45) is 1.82. The fourth-order valence-corrected chi connectivity index (χ4v) is 2.09. The minimum Gasteiger partial charge on any atom is -0.480 e. The first-order valence-corrected chi connectivity index (χ1v) is 5.76. The Bertz CT molecular complexity index is 633. The zero-order chi connectivity index (χ0) is 14.0. The number of aromatic nitrogens is 1. The summed E-state index contributed by atoms with van der Waals surface area (Å²) in [6, 6.07) is 6.26. The van der Waals surface area contributed by atoms with E-state index in [0.717, 1.165) is 16.5 Å². The molecule has 6 heteroatoms. The van der Waals surface area contributed by atoms with Crippen LogP contribution in [0.15, 0.2) is 30.5 Å². The molecule has 19 heavy (non-hydrogen) atoms. The number of aliphatic carboxylic acids is 2. The molecule has 0 bridgehead atoms. The number of carboxylic acid groups (broad SMARTS) is 2. The Balaban J connectivity index is 2.44. The lowest BCUT2D eigenvalue weighted by molar-refractivity contribution is -0.139. The molecule has 0 saturated carbocycles. The first-order chi connectivity index (χ1) is 8.99. The molecule has 1 atom stereocenters. The summed E-state index contributed by atoms with van der Waals surface area (Å²) in [5.74, 6) is -2.02. The summed E-state index contributed by atoms with van der Waals surface area (Å²) < 4.78 is 1.58. The molecule has 0 amide bonds. The van der Waals surface area contributed by atoms with Gasteiger partial charge in [-0.15, -0.1) is 0 Å². The van der Waals surface area contributed by atoms with Crippen LogP contribution in [0.1, 0.15) is 5.56 Å². The Morgan fingerprint density at radius 2 is 1.95 bits per heavy atom.